The Labute approximate surface area is 150 Å². The Morgan fingerprint density at radius 1 is 1.12 bits per heavy atom. The molecule has 25 heavy (non-hydrogen) atoms. The number of para-hydroxylation sites is 1. The summed E-state index contributed by atoms with van der Waals surface area (Å²) in [7, 11) is 0. The third-order valence-electron chi connectivity index (χ3n) is 5.60. The molecule has 4 rings (SSSR count). The van der Waals surface area contributed by atoms with E-state index in [1.807, 2.05) is 0 Å². The van der Waals surface area contributed by atoms with E-state index < -0.39 is 0 Å². The molecule has 0 amide bonds. The van der Waals surface area contributed by atoms with Gasteiger partial charge in [-0.25, -0.2) is 4.68 Å². The molecule has 0 radical (unpaired) electrons. The van der Waals surface area contributed by atoms with Crippen LogP contribution in [0.3, 0.4) is 0 Å². The third-order valence-corrected chi connectivity index (χ3v) is 5.60. The van der Waals surface area contributed by atoms with Gasteiger partial charge in [-0.2, -0.15) is 5.10 Å². The zero-order valence-electron chi connectivity index (χ0n) is 15.4. The van der Waals surface area contributed by atoms with Crippen LogP contribution in [0.1, 0.15) is 50.3 Å². The van der Waals surface area contributed by atoms with Crippen LogP contribution in [0.25, 0.3) is 5.69 Å². The summed E-state index contributed by atoms with van der Waals surface area (Å²) in [5.74, 6) is 0.648. The highest BCUT2D eigenvalue weighted by Gasteiger charge is 2.27. The van der Waals surface area contributed by atoms with Crippen molar-refractivity contribution < 1.29 is 4.74 Å². The van der Waals surface area contributed by atoms with E-state index in [1.165, 1.54) is 42.8 Å². The van der Waals surface area contributed by atoms with Gasteiger partial charge in [0, 0.05) is 18.8 Å². The molecule has 2 heterocycles. The summed E-state index contributed by atoms with van der Waals surface area (Å²) in [6, 6.07) is 10.5. The van der Waals surface area contributed by atoms with Gasteiger partial charge < -0.3 is 4.74 Å². The molecule has 0 bridgehead atoms. The normalized spacial score (nSPS) is 27.2. The van der Waals surface area contributed by atoms with Gasteiger partial charge in [0.25, 0.3) is 0 Å². The summed E-state index contributed by atoms with van der Waals surface area (Å²) in [5.41, 5.74) is 4.08. The number of morpholine rings is 1. The van der Waals surface area contributed by atoms with Crippen molar-refractivity contribution in [3.05, 3.63) is 47.8 Å². The number of ether oxygens (including phenoxy) is 1. The topological polar surface area (TPSA) is 30.3 Å². The van der Waals surface area contributed by atoms with Gasteiger partial charge in [-0.3, -0.25) is 4.90 Å². The molecule has 1 aliphatic carbocycles. The van der Waals surface area contributed by atoms with Crippen LogP contribution >= 0.6 is 0 Å². The van der Waals surface area contributed by atoms with Crippen LogP contribution in [-0.2, 0) is 11.2 Å². The second kappa shape index (κ2) is 7.30. The lowest BCUT2D eigenvalue weighted by Crippen LogP contribution is -2.45. The highest BCUT2D eigenvalue weighted by Crippen LogP contribution is 2.35. The Morgan fingerprint density at radius 3 is 2.64 bits per heavy atom. The third kappa shape index (κ3) is 3.65. The van der Waals surface area contributed by atoms with Crippen molar-refractivity contribution in [2.45, 2.75) is 57.7 Å². The van der Waals surface area contributed by atoms with E-state index in [9.17, 15) is 0 Å². The number of aromatic nitrogens is 2. The number of hydrogen-bond donors (Lipinski definition) is 0. The summed E-state index contributed by atoms with van der Waals surface area (Å²) in [6.07, 6.45) is 7.77. The fourth-order valence-corrected chi connectivity index (χ4v) is 4.55. The Bertz CT molecular complexity index is 686. The molecule has 1 aromatic heterocycles. The minimum Gasteiger partial charge on any atom is -0.373 e. The lowest BCUT2D eigenvalue weighted by molar-refractivity contribution is -0.0685. The Kier molecular flexibility index (Phi) is 4.91. The Balaban J connectivity index is 1.46. The largest absolute Gasteiger partial charge is 0.373 e. The zero-order chi connectivity index (χ0) is 17.2. The SMILES string of the molecule is CC1CN(CCC2CCCc3c2cnn3-c2ccccc2)CC(C)O1. The van der Waals surface area contributed by atoms with Crippen LogP contribution in [-0.4, -0.2) is 46.5 Å². The molecule has 2 aromatic rings. The van der Waals surface area contributed by atoms with Gasteiger partial charge in [-0.05, 0) is 69.7 Å². The molecule has 0 saturated carbocycles. The number of benzene rings is 1. The van der Waals surface area contributed by atoms with Gasteiger partial charge in [0.2, 0.25) is 0 Å². The summed E-state index contributed by atoms with van der Waals surface area (Å²) >= 11 is 0. The number of rotatable bonds is 4. The first-order valence-corrected chi connectivity index (χ1v) is 9.70. The highest BCUT2D eigenvalue weighted by molar-refractivity contribution is 5.37. The maximum Gasteiger partial charge on any atom is 0.0678 e. The van der Waals surface area contributed by atoms with Crippen LogP contribution < -0.4 is 0 Å². The van der Waals surface area contributed by atoms with E-state index in [4.69, 9.17) is 9.84 Å². The molecule has 3 atom stereocenters. The fraction of sp³-hybridized carbons (Fsp3) is 0.571. The van der Waals surface area contributed by atoms with Crippen LogP contribution in [0.2, 0.25) is 0 Å². The summed E-state index contributed by atoms with van der Waals surface area (Å²) in [4.78, 5) is 2.58. The van der Waals surface area contributed by atoms with Crippen LogP contribution in [0.15, 0.2) is 36.5 Å². The second-order valence-electron chi connectivity index (χ2n) is 7.69. The summed E-state index contributed by atoms with van der Waals surface area (Å²) < 4.78 is 8.01. The van der Waals surface area contributed by atoms with Gasteiger partial charge in [0.05, 0.1) is 24.1 Å². The Morgan fingerprint density at radius 2 is 1.88 bits per heavy atom. The van der Waals surface area contributed by atoms with Crippen LogP contribution in [0.4, 0.5) is 0 Å². The highest BCUT2D eigenvalue weighted by atomic mass is 16.5. The molecular formula is C21H29N3O. The molecule has 1 fully saturated rings. The van der Waals surface area contributed by atoms with Gasteiger partial charge >= 0.3 is 0 Å². The number of fused-ring (bicyclic) bond motifs is 1. The zero-order valence-corrected chi connectivity index (χ0v) is 15.4. The van der Waals surface area contributed by atoms with Crippen molar-refractivity contribution in [1.29, 1.82) is 0 Å². The molecule has 4 heteroatoms. The van der Waals surface area contributed by atoms with Crippen molar-refractivity contribution in [3.63, 3.8) is 0 Å². The predicted molar refractivity (Wildman–Crippen MR) is 100 cm³/mol. The average Bonchev–Trinajstić information content (AvgIpc) is 3.04. The number of nitrogens with zero attached hydrogens (tertiary/aromatic N) is 3. The first-order chi connectivity index (χ1) is 12.2. The quantitative estimate of drug-likeness (QED) is 0.849. The van der Waals surface area contributed by atoms with Crippen LogP contribution in [0, 0.1) is 0 Å². The standard InChI is InChI=1S/C21H29N3O/c1-16-14-23(15-17(2)25-16)12-11-18-7-6-10-21-20(18)13-22-24(21)19-8-4-3-5-9-19/h3-5,8-9,13,16-18H,6-7,10-12,14-15H2,1-2H3. The van der Waals surface area contributed by atoms with E-state index in [2.05, 4.69) is 60.0 Å². The maximum absolute atomic E-state index is 5.86. The lowest BCUT2D eigenvalue weighted by atomic mass is 9.84. The second-order valence-corrected chi connectivity index (χ2v) is 7.69. The van der Waals surface area contributed by atoms with E-state index in [0.29, 0.717) is 18.1 Å². The van der Waals surface area contributed by atoms with Gasteiger partial charge in [-0.1, -0.05) is 18.2 Å². The van der Waals surface area contributed by atoms with E-state index >= 15 is 0 Å². The summed E-state index contributed by atoms with van der Waals surface area (Å²) in [6.45, 7) is 7.66. The monoisotopic (exact) mass is 339 g/mol. The van der Waals surface area contributed by atoms with Crippen molar-refractivity contribution in [3.8, 4) is 5.69 Å². The van der Waals surface area contributed by atoms with Crippen molar-refractivity contribution in [2.24, 2.45) is 0 Å². The fourth-order valence-electron chi connectivity index (χ4n) is 4.55. The van der Waals surface area contributed by atoms with Crippen LogP contribution in [0.5, 0.6) is 0 Å². The van der Waals surface area contributed by atoms with Gasteiger partial charge in [-0.15, -0.1) is 0 Å². The number of hydrogen-bond acceptors (Lipinski definition) is 3. The van der Waals surface area contributed by atoms with Gasteiger partial charge in [0.1, 0.15) is 0 Å². The van der Waals surface area contributed by atoms with Crippen molar-refractivity contribution >= 4 is 0 Å². The van der Waals surface area contributed by atoms with E-state index in [-0.39, 0.29) is 0 Å². The minimum atomic E-state index is 0.353. The molecule has 0 spiro atoms. The van der Waals surface area contributed by atoms with Crippen molar-refractivity contribution in [1.82, 2.24) is 14.7 Å². The average molecular weight is 339 g/mol. The molecular weight excluding hydrogens is 310 g/mol. The molecule has 3 unspecified atom stereocenters. The summed E-state index contributed by atoms with van der Waals surface area (Å²) in [5, 5.41) is 4.72. The Hall–Kier alpha value is -1.65. The molecule has 4 nitrogen and oxygen atoms in total. The molecule has 1 saturated heterocycles. The lowest BCUT2D eigenvalue weighted by Gasteiger charge is -2.36. The predicted octanol–water partition coefficient (Wildman–Crippen LogP) is 3.79. The van der Waals surface area contributed by atoms with E-state index in [0.717, 1.165) is 19.5 Å². The molecule has 134 valence electrons. The molecule has 1 aliphatic heterocycles. The molecule has 0 N–H and O–H groups in total. The smallest absolute Gasteiger partial charge is 0.0678 e. The van der Waals surface area contributed by atoms with E-state index in [1.54, 1.807) is 0 Å². The van der Waals surface area contributed by atoms with Crippen molar-refractivity contribution in [2.75, 3.05) is 19.6 Å². The first-order valence-electron chi connectivity index (χ1n) is 9.70. The molecule has 1 aromatic carbocycles. The van der Waals surface area contributed by atoms with Gasteiger partial charge in [0.15, 0.2) is 0 Å². The maximum atomic E-state index is 5.86. The molecule has 2 aliphatic rings. The minimum absolute atomic E-state index is 0.353. The first kappa shape index (κ1) is 16.8.